The summed E-state index contributed by atoms with van der Waals surface area (Å²) >= 11 is 12.2. The van der Waals surface area contributed by atoms with Crippen LogP contribution in [0.4, 0.5) is 0 Å². The maximum atomic E-state index is 6.25. The number of hydrogen-bond acceptors (Lipinski definition) is 2. The van der Waals surface area contributed by atoms with E-state index in [9.17, 15) is 0 Å². The van der Waals surface area contributed by atoms with E-state index in [0.29, 0.717) is 10.0 Å². The van der Waals surface area contributed by atoms with Crippen molar-refractivity contribution in [3.05, 3.63) is 33.8 Å². The molecule has 19 heavy (non-hydrogen) atoms. The van der Waals surface area contributed by atoms with Gasteiger partial charge in [0.25, 0.3) is 0 Å². The molecule has 0 amide bonds. The SMILES string of the molecule is Clc1ccc(C2CNC3(CCCCC3)CO2)c(Cl)c1. The molecule has 2 nitrogen and oxygen atoms in total. The molecule has 1 atom stereocenters. The summed E-state index contributed by atoms with van der Waals surface area (Å²) in [6.07, 6.45) is 6.47. The number of morpholine rings is 1. The minimum atomic E-state index is 0.0392. The molecule has 2 aliphatic rings. The van der Waals surface area contributed by atoms with Gasteiger partial charge in [-0.25, -0.2) is 0 Å². The predicted molar refractivity (Wildman–Crippen MR) is 79.0 cm³/mol. The van der Waals surface area contributed by atoms with E-state index in [1.165, 1.54) is 32.1 Å². The fourth-order valence-corrected chi connectivity index (χ4v) is 3.72. The topological polar surface area (TPSA) is 21.3 Å². The third-order valence-corrected chi connectivity index (χ3v) is 4.91. The van der Waals surface area contributed by atoms with Crippen molar-refractivity contribution in [2.24, 2.45) is 0 Å². The van der Waals surface area contributed by atoms with Crippen LogP contribution in [0.15, 0.2) is 18.2 Å². The normalized spacial score (nSPS) is 26.5. The van der Waals surface area contributed by atoms with Gasteiger partial charge < -0.3 is 10.1 Å². The smallest absolute Gasteiger partial charge is 0.0964 e. The largest absolute Gasteiger partial charge is 0.370 e. The lowest BCUT2D eigenvalue weighted by Gasteiger charge is -2.44. The third kappa shape index (κ3) is 2.92. The molecule has 1 heterocycles. The minimum Gasteiger partial charge on any atom is -0.370 e. The van der Waals surface area contributed by atoms with E-state index in [1.54, 1.807) is 6.07 Å². The summed E-state index contributed by atoms with van der Waals surface area (Å²) in [5.74, 6) is 0. The number of rotatable bonds is 1. The van der Waals surface area contributed by atoms with Crippen molar-refractivity contribution >= 4 is 23.2 Å². The molecule has 1 aromatic rings. The maximum Gasteiger partial charge on any atom is 0.0964 e. The van der Waals surface area contributed by atoms with Gasteiger partial charge in [0.15, 0.2) is 0 Å². The van der Waals surface area contributed by atoms with Crippen molar-refractivity contribution in [1.29, 1.82) is 0 Å². The highest BCUT2D eigenvalue weighted by Crippen LogP contribution is 2.36. The summed E-state index contributed by atoms with van der Waals surface area (Å²) < 4.78 is 6.09. The first kappa shape index (κ1) is 13.7. The molecular formula is C15H19Cl2NO. The zero-order valence-corrected chi connectivity index (χ0v) is 12.4. The van der Waals surface area contributed by atoms with Gasteiger partial charge in [-0.3, -0.25) is 0 Å². The van der Waals surface area contributed by atoms with Crippen LogP contribution in [-0.4, -0.2) is 18.7 Å². The monoisotopic (exact) mass is 299 g/mol. The molecule has 4 heteroatoms. The molecule has 1 saturated heterocycles. The van der Waals surface area contributed by atoms with Crippen LogP contribution in [0.2, 0.25) is 10.0 Å². The zero-order valence-electron chi connectivity index (χ0n) is 10.9. The Hall–Kier alpha value is -0.280. The summed E-state index contributed by atoms with van der Waals surface area (Å²) in [6, 6.07) is 5.62. The van der Waals surface area contributed by atoms with Crippen molar-refractivity contribution in [2.45, 2.75) is 43.7 Å². The van der Waals surface area contributed by atoms with Crippen molar-refractivity contribution in [2.75, 3.05) is 13.2 Å². The van der Waals surface area contributed by atoms with Gasteiger partial charge in [0, 0.05) is 27.7 Å². The van der Waals surface area contributed by atoms with E-state index in [0.717, 1.165) is 18.7 Å². The molecule has 1 aliphatic heterocycles. The number of halogens is 2. The van der Waals surface area contributed by atoms with E-state index in [2.05, 4.69) is 5.32 Å². The van der Waals surface area contributed by atoms with Gasteiger partial charge >= 0.3 is 0 Å². The van der Waals surface area contributed by atoms with Crippen molar-refractivity contribution < 1.29 is 4.74 Å². The van der Waals surface area contributed by atoms with E-state index >= 15 is 0 Å². The van der Waals surface area contributed by atoms with E-state index < -0.39 is 0 Å². The van der Waals surface area contributed by atoms with Crippen LogP contribution >= 0.6 is 23.2 Å². The molecular weight excluding hydrogens is 281 g/mol. The first-order valence-electron chi connectivity index (χ1n) is 7.00. The van der Waals surface area contributed by atoms with E-state index in [-0.39, 0.29) is 11.6 Å². The number of ether oxygens (including phenoxy) is 1. The zero-order chi connectivity index (χ0) is 13.3. The second kappa shape index (κ2) is 5.61. The average Bonchev–Trinajstić information content (AvgIpc) is 2.41. The molecule has 1 aromatic carbocycles. The van der Waals surface area contributed by atoms with E-state index in [1.807, 2.05) is 12.1 Å². The van der Waals surface area contributed by atoms with Crippen LogP contribution in [0, 0.1) is 0 Å². The Balaban J connectivity index is 1.69. The van der Waals surface area contributed by atoms with Crippen molar-refractivity contribution in [3.8, 4) is 0 Å². The van der Waals surface area contributed by atoms with Gasteiger partial charge in [0.1, 0.15) is 0 Å². The maximum absolute atomic E-state index is 6.25. The molecule has 3 rings (SSSR count). The molecule has 2 fully saturated rings. The minimum absolute atomic E-state index is 0.0392. The Morgan fingerprint density at radius 3 is 2.58 bits per heavy atom. The van der Waals surface area contributed by atoms with Gasteiger partial charge in [-0.15, -0.1) is 0 Å². The Bertz CT molecular complexity index is 447. The van der Waals surface area contributed by atoms with Crippen LogP contribution in [0.3, 0.4) is 0 Å². The van der Waals surface area contributed by atoms with Crippen LogP contribution < -0.4 is 5.32 Å². The summed E-state index contributed by atoms with van der Waals surface area (Å²) in [4.78, 5) is 0. The average molecular weight is 300 g/mol. The van der Waals surface area contributed by atoms with Crippen LogP contribution in [0.25, 0.3) is 0 Å². The Labute approximate surface area is 124 Å². The first-order chi connectivity index (χ1) is 9.19. The van der Waals surface area contributed by atoms with Crippen molar-refractivity contribution in [1.82, 2.24) is 5.32 Å². The van der Waals surface area contributed by atoms with Crippen LogP contribution in [0.5, 0.6) is 0 Å². The number of hydrogen-bond donors (Lipinski definition) is 1. The molecule has 1 spiro atoms. The second-order valence-corrected chi connectivity index (χ2v) is 6.53. The molecule has 1 saturated carbocycles. The Morgan fingerprint density at radius 2 is 1.95 bits per heavy atom. The summed E-state index contributed by atoms with van der Waals surface area (Å²) in [5, 5.41) is 5.07. The lowest BCUT2D eigenvalue weighted by atomic mass is 9.81. The molecule has 1 aliphatic carbocycles. The van der Waals surface area contributed by atoms with Crippen LogP contribution in [0.1, 0.15) is 43.8 Å². The lowest BCUT2D eigenvalue weighted by molar-refractivity contribution is -0.0466. The van der Waals surface area contributed by atoms with Crippen LogP contribution in [-0.2, 0) is 4.74 Å². The number of benzene rings is 1. The Kier molecular flexibility index (Phi) is 4.04. The summed E-state index contributed by atoms with van der Waals surface area (Å²) in [5.41, 5.74) is 1.25. The molecule has 104 valence electrons. The summed E-state index contributed by atoms with van der Waals surface area (Å²) in [7, 11) is 0. The van der Waals surface area contributed by atoms with Gasteiger partial charge in [-0.2, -0.15) is 0 Å². The molecule has 0 aromatic heterocycles. The quantitative estimate of drug-likeness (QED) is 0.832. The van der Waals surface area contributed by atoms with E-state index in [4.69, 9.17) is 27.9 Å². The Morgan fingerprint density at radius 1 is 1.16 bits per heavy atom. The lowest BCUT2D eigenvalue weighted by Crippen LogP contribution is -2.55. The third-order valence-electron chi connectivity index (χ3n) is 4.34. The fraction of sp³-hybridized carbons (Fsp3) is 0.600. The first-order valence-corrected chi connectivity index (χ1v) is 7.76. The molecule has 1 unspecified atom stereocenters. The molecule has 0 radical (unpaired) electrons. The van der Waals surface area contributed by atoms with Gasteiger partial charge in [-0.05, 0) is 25.0 Å². The van der Waals surface area contributed by atoms with Gasteiger partial charge in [0.05, 0.1) is 12.7 Å². The van der Waals surface area contributed by atoms with Crippen molar-refractivity contribution in [3.63, 3.8) is 0 Å². The second-order valence-electron chi connectivity index (χ2n) is 5.69. The predicted octanol–water partition coefficient (Wildman–Crippen LogP) is 4.36. The van der Waals surface area contributed by atoms with Gasteiger partial charge in [-0.1, -0.05) is 48.5 Å². The summed E-state index contributed by atoms with van der Waals surface area (Å²) in [6.45, 7) is 1.62. The number of nitrogens with one attached hydrogen (secondary N) is 1. The molecule has 1 N–H and O–H groups in total. The highest BCUT2D eigenvalue weighted by Gasteiger charge is 2.37. The molecule has 0 bridgehead atoms. The highest BCUT2D eigenvalue weighted by atomic mass is 35.5. The standard InChI is InChI=1S/C15H19Cl2NO/c16-11-4-5-12(13(17)8-11)14-9-18-15(10-19-14)6-2-1-3-7-15/h4-5,8,14,18H,1-3,6-7,9-10H2. The highest BCUT2D eigenvalue weighted by molar-refractivity contribution is 6.35. The van der Waals surface area contributed by atoms with Gasteiger partial charge in [0.2, 0.25) is 0 Å². The fourth-order valence-electron chi connectivity index (χ4n) is 3.19.